The standard InChI is InChI=1S/C20H20N4O5/c1-11-16(18(27)24-20(2,10-25)19(21)28)13-9-12(6-7-14(13)29-11)17(26)23-15-5-3-4-8-22-15/h3-9,25H,10H2,1-2H3,(H2,21,28)(H,24,27)(H,22,23,26)/t20-/m0/s1. The van der Waals surface area contributed by atoms with Crippen molar-refractivity contribution in [2.75, 3.05) is 11.9 Å². The van der Waals surface area contributed by atoms with Gasteiger partial charge in [0.05, 0.1) is 12.2 Å². The first kappa shape index (κ1) is 20.0. The number of nitrogens with zero attached hydrogens (tertiary/aromatic N) is 1. The Bertz CT molecular complexity index is 1090. The van der Waals surface area contributed by atoms with Gasteiger partial charge < -0.3 is 25.9 Å². The largest absolute Gasteiger partial charge is 0.461 e. The van der Waals surface area contributed by atoms with E-state index in [1.54, 1.807) is 43.5 Å². The van der Waals surface area contributed by atoms with Crippen LogP contribution in [-0.4, -0.2) is 40.0 Å². The average Bonchev–Trinajstić information content (AvgIpc) is 3.03. The highest BCUT2D eigenvalue weighted by Gasteiger charge is 2.34. The quantitative estimate of drug-likeness (QED) is 0.494. The lowest BCUT2D eigenvalue weighted by atomic mass is 10.0. The summed E-state index contributed by atoms with van der Waals surface area (Å²) in [4.78, 5) is 41.0. The van der Waals surface area contributed by atoms with Gasteiger partial charge in [0.1, 0.15) is 22.7 Å². The number of aromatic nitrogens is 1. The Hall–Kier alpha value is -3.72. The van der Waals surface area contributed by atoms with E-state index in [1.807, 2.05) is 0 Å². The third-order valence-corrected chi connectivity index (χ3v) is 4.51. The number of aryl methyl sites for hydroxylation is 1. The number of carbonyl (C=O) groups excluding carboxylic acids is 3. The van der Waals surface area contributed by atoms with E-state index in [0.717, 1.165) is 0 Å². The molecule has 2 aromatic heterocycles. The number of aliphatic hydroxyl groups excluding tert-OH is 1. The first-order chi connectivity index (χ1) is 13.7. The Morgan fingerprint density at radius 3 is 2.59 bits per heavy atom. The van der Waals surface area contributed by atoms with Crippen molar-refractivity contribution in [3.63, 3.8) is 0 Å². The number of pyridine rings is 1. The van der Waals surface area contributed by atoms with E-state index < -0.39 is 29.9 Å². The van der Waals surface area contributed by atoms with Crippen LogP contribution < -0.4 is 16.4 Å². The number of benzene rings is 1. The maximum atomic E-state index is 12.8. The summed E-state index contributed by atoms with van der Waals surface area (Å²) in [6.07, 6.45) is 1.55. The molecule has 0 aliphatic carbocycles. The summed E-state index contributed by atoms with van der Waals surface area (Å²) >= 11 is 0. The van der Waals surface area contributed by atoms with Crippen molar-refractivity contribution in [2.45, 2.75) is 19.4 Å². The molecule has 150 valence electrons. The summed E-state index contributed by atoms with van der Waals surface area (Å²) in [6.45, 7) is 2.24. The van der Waals surface area contributed by atoms with E-state index in [2.05, 4.69) is 15.6 Å². The molecular weight excluding hydrogens is 376 g/mol. The van der Waals surface area contributed by atoms with Gasteiger partial charge in [-0.15, -0.1) is 0 Å². The Balaban J connectivity index is 1.95. The lowest BCUT2D eigenvalue weighted by Crippen LogP contribution is -2.57. The van der Waals surface area contributed by atoms with E-state index in [9.17, 15) is 19.5 Å². The number of hydrogen-bond donors (Lipinski definition) is 4. The molecule has 2 heterocycles. The number of amides is 3. The van der Waals surface area contributed by atoms with Crippen LogP contribution in [0.4, 0.5) is 5.82 Å². The molecule has 0 aliphatic rings. The van der Waals surface area contributed by atoms with Crippen LogP contribution in [0.2, 0.25) is 0 Å². The van der Waals surface area contributed by atoms with Crippen molar-refractivity contribution in [3.05, 3.63) is 59.5 Å². The molecule has 9 nitrogen and oxygen atoms in total. The first-order valence-electron chi connectivity index (χ1n) is 8.74. The molecular formula is C20H20N4O5. The fraction of sp³-hybridized carbons (Fsp3) is 0.200. The minimum atomic E-state index is -1.64. The van der Waals surface area contributed by atoms with E-state index in [4.69, 9.17) is 10.2 Å². The number of fused-ring (bicyclic) bond motifs is 1. The maximum Gasteiger partial charge on any atom is 0.256 e. The highest BCUT2D eigenvalue weighted by atomic mass is 16.3. The van der Waals surface area contributed by atoms with Gasteiger partial charge in [-0.3, -0.25) is 14.4 Å². The maximum absolute atomic E-state index is 12.8. The lowest BCUT2D eigenvalue weighted by molar-refractivity contribution is -0.124. The SMILES string of the molecule is Cc1oc2ccc(C(=O)Nc3ccccn3)cc2c1C(=O)N[C@@](C)(CO)C(N)=O. The molecule has 0 saturated heterocycles. The molecule has 0 aliphatic heterocycles. The van der Waals surface area contributed by atoms with Gasteiger partial charge in [-0.25, -0.2) is 4.98 Å². The average molecular weight is 396 g/mol. The third kappa shape index (κ3) is 3.94. The molecule has 1 atom stereocenters. The number of aliphatic hydroxyl groups is 1. The van der Waals surface area contributed by atoms with Gasteiger partial charge >= 0.3 is 0 Å². The second-order valence-electron chi connectivity index (χ2n) is 6.72. The van der Waals surface area contributed by atoms with Gasteiger partial charge in [-0.05, 0) is 44.2 Å². The smallest absolute Gasteiger partial charge is 0.256 e. The predicted molar refractivity (Wildman–Crippen MR) is 105 cm³/mol. The van der Waals surface area contributed by atoms with Crippen molar-refractivity contribution in [1.82, 2.24) is 10.3 Å². The molecule has 9 heteroatoms. The number of nitrogens with two attached hydrogens (primary N) is 1. The van der Waals surface area contributed by atoms with Crippen molar-refractivity contribution in [3.8, 4) is 0 Å². The molecule has 29 heavy (non-hydrogen) atoms. The van der Waals surface area contributed by atoms with Crippen molar-refractivity contribution in [2.24, 2.45) is 5.73 Å². The summed E-state index contributed by atoms with van der Waals surface area (Å²) in [6, 6.07) is 9.77. The molecule has 0 unspecified atom stereocenters. The van der Waals surface area contributed by atoms with Crippen LogP contribution in [0.25, 0.3) is 11.0 Å². The van der Waals surface area contributed by atoms with E-state index >= 15 is 0 Å². The Morgan fingerprint density at radius 2 is 1.97 bits per heavy atom. The molecule has 0 radical (unpaired) electrons. The zero-order valence-electron chi connectivity index (χ0n) is 15.9. The zero-order chi connectivity index (χ0) is 21.2. The highest BCUT2D eigenvalue weighted by Crippen LogP contribution is 2.27. The number of rotatable bonds is 6. The van der Waals surface area contributed by atoms with Crippen LogP contribution in [-0.2, 0) is 4.79 Å². The minimum absolute atomic E-state index is 0.147. The highest BCUT2D eigenvalue weighted by molar-refractivity contribution is 6.12. The Kier molecular flexibility index (Phi) is 5.33. The van der Waals surface area contributed by atoms with Crippen molar-refractivity contribution in [1.29, 1.82) is 0 Å². The van der Waals surface area contributed by atoms with Gasteiger partial charge in [0, 0.05) is 17.1 Å². The minimum Gasteiger partial charge on any atom is -0.461 e. The second kappa shape index (κ2) is 7.72. The van der Waals surface area contributed by atoms with Crippen LogP contribution in [0.3, 0.4) is 0 Å². The van der Waals surface area contributed by atoms with E-state index in [0.29, 0.717) is 22.5 Å². The van der Waals surface area contributed by atoms with Crippen LogP contribution in [0.15, 0.2) is 47.0 Å². The number of carbonyl (C=O) groups is 3. The zero-order valence-corrected chi connectivity index (χ0v) is 15.9. The molecule has 5 N–H and O–H groups in total. The normalized spacial score (nSPS) is 12.9. The number of primary amides is 1. The molecule has 0 saturated carbocycles. The predicted octanol–water partition coefficient (Wildman–Crippen LogP) is 1.35. The number of anilines is 1. The molecule has 3 rings (SSSR count). The fourth-order valence-corrected chi connectivity index (χ4v) is 2.76. The molecule has 0 fully saturated rings. The fourth-order valence-electron chi connectivity index (χ4n) is 2.76. The van der Waals surface area contributed by atoms with Crippen LogP contribution in [0.1, 0.15) is 33.4 Å². The van der Waals surface area contributed by atoms with E-state index in [-0.39, 0.29) is 11.1 Å². The number of furan rings is 1. The number of nitrogens with one attached hydrogen (secondary N) is 2. The van der Waals surface area contributed by atoms with Gasteiger partial charge in [-0.2, -0.15) is 0 Å². The van der Waals surface area contributed by atoms with E-state index in [1.165, 1.54) is 13.0 Å². The lowest BCUT2D eigenvalue weighted by Gasteiger charge is -2.24. The summed E-state index contributed by atoms with van der Waals surface area (Å²) in [5, 5.41) is 14.9. The summed E-state index contributed by atoms with van der Waals surface area (Å²) in [5.74, 6) is -1.26. The molecule has 0 spiro atoms. The van der Waals surface area contributed by atoms with Crippen LogP contribution in [0.5, 0.6) is 0 Å². The Morgan fingerprint density at radius 1 is 1.21 bits per heavy atom. The molecule has 0 bridgehead atoms. The molecule has 3 aromatic rings. The van der Waals surface area contributed by atoms with Gasteiger partial charge in [0.2, 0.25) is 5.91 Å². The van der Waals surface area contributed by atoms with Crippen LogP contribution >= 0.6 is 0 Å². The topological polar surface area (TPSA) is 148 Å². The molecule has 1 aromatic carbocycles. The third-order valence-electron chi connectivity index (χ3n) is 4.51. The second-order valence-corrected chi connectivity index (χ2v) is 6.72. The summed E-state index contributed by atoms with van der Waals surface area (Å²) in [7, 11) is 0. The van der Waals surface area contributed by atoms with Crippen LogP contribution in [0, 0.1) is 6.92 Å². The monoisotopic (exact) mass is 396 g/mol. The first-order valence-corrected chi connectivity index (χ1v) is 8.74. The van der Waals surface area contributed by atoms with Gasteiger partial charge in [0.15, 0.2) is 0 Å². The van der Waals surface area contributed by atoms with Gasteiger partial charge in [0.25, 0.3) is 11.8 Å². The summed E-state index contributed by atoms with van der Waals surface area (Å²) in [5.41, 5.74) is 4.47. The number of hydrogen-bond acceptors (Lipinski definition) is 6. The van der Waals surface area contributed by atoms with Gasteiger partial charge in [-0.1, -0.05) is 6.07 Å². The van der Waals surface area contributed by atoms with Crippen molar-refractivity contribution >= 4 is 34.5 Å². The Labute approximate surface area is 165 Å². The van der Waals surface area contributed by atoms with Crippen molar-refractivity contribution < 1.29 is 23.9 Å². The summed E-state index contributed by atoms with van der Waals surface area (Å²) < 4.78 is 5.60. The molecule has 3 amide bonds.